The van der Waals surface area contributed by atoms with Crippen LogP contribution >= 0.6 is 0 Å². The van der Waals surface area contributed by atoms with Crippen LogP contribution < -0.4 is 0 Å². The Hall–Kier alpha value is -1.06. The number of ether oxygens (including phenoxy) is 5. The second-order valence-corrected chi connectivity index (χ2v) is 19.6. The molecule has 10 atom stereocenters. The first-order valence-electron chi connectivity index (χ1n) is 16.9. The van der Waals surface area contributed by atoms with Gasteiger partial charge in [-0.2, -0.15) is 0 Å². The van der Waals surface area contributed by atoms with Gasteiger partial charge >= 0.3 is 0 Å². The van der Waals surface area contributed by atoms with E-state index in [1.54, 1.807) is 14.2 Å². The molecule has 1 heterocycles. The van der Waals surface area contributed by atoms with Crippen molar-refractivity contribution in [3.8, 4) is 0 Å². The minimum atomic E-state index is -2.03. The van der Waals surface area contributed by atoms with Gasteiger partial charge in [-0.1, -0.05) is 84.9 Å². The van der Waals surface area contributed by atoms with Gasteiger partial charge in [-0.3, -0.25) is 0 Å². The maximum Gasteiger partial charge on any atom is 0.192 e. The van der Waals surface area contributed by atoms with Crippen LogP contribution in [-0.4, -0.2) is 66.5 Å². The van der Waals surface area contributed by atoms with Gasteiger partial charge in [0.2, 0.25) is 0 Å². The van der Waals surface area contributed by atoms with E-state index in [1.165, 1.54) is 5.56 Å². The van der Waals surface area contributed by atoms with E-state index in [0.29, 0.717) is 18.4 Å². The average molecular weight is 635 g/mol. The molecule has 1 aliphatic heterocycles. The highest BCUT2D eigenvalue weighted by molar-refractivity contribution is 6.74. The zero-order valence-corrected chi connectivity index (χ0v) is 31.1. The lowest BCUT2D eigenvalue weighted by atomic mass is 9.84. The van der Waals surface area contributed by atoms with Gasteiger partial charge in [-0.25, -0.2) is 0 Å². The van der Waals surface area contributed by atoms with Crippen LogP contribution in [-0.2, 0) is 34.7 Å². The highest BCUT2D eigenvalue weighted by Gasteiger charge is 2.43. The zero-order valence-electron chi connectivity index (χ0n) is 30.1. The number of hydrogen-bond donors (Lipinski definition) is 0. The summed E-state index contributed by atoms with van der Waals surface area (Å²) in [6, 6.07) is 10.4. The van der Waals surface area contributed by atoms with Crippen LogP contribution in [0.25, 0.3) is 0 Å². The number of benzene rings is 1. The predicted molar refractivity (Wildman–Crippen MR) is 184 cm³/mol. The third-order valence-corrected chi connectivity index (χ3v) is 15.0. The lowest BCUT2D eigenvalue weighted by Gasteiger charge is -2.43. The van der Waals surface area contributed by atoms with Gasteiger partial charge in [0.15, 0.2) is 14.6 Å². The fourth-order valence-corrected chi connectivity index (χ4v) is 7.76. The molecule has 0 bridgehead atoms. The summed E-state index contributed by atoms with van der Waals surface area (Å²) in [5.41, 5.74) is 1.19. The van der Waals surface area contributed by atoms with Gasteiger partial charge in [0, 0.05) is 39.6 Å². The van der Waals surface area contributed by atoms with E-state index in [0.717, 1.165) is 32.1 Å². The summed E-state index contributed by atoms with van der Waals surface area (Å²) >= 11 is 0. The molecular formula is C37H66O6Si. The van der Waals surface area contributed by atoms with Crippen molar-refractivity contribution >= 4 is 8.32 Å². The van der Waals surface area contributed by atoms with Gasteiger partial charge in [0.1, 0.15) is 0 Å². The molecule has 1 saturated heterocycles. The molecule has 0 amide bonds. The van der Waals surface area contributed by atoms with E-state index < -0.39 is 8.32 Å². The quantitative estimate of drug-likeness (QED) is 0.105. The molecule has 0 spiro atoms. The van der Waals surface area contributed by atoms with Gasteiger partial charge in [-0.15, -0.1) is 6.58 Å². The van der Waals surface area contributed by atoms with Crippen LogP contribution in [0, 0.1) is 23.7 Å². The SMILES string of the molecule is C=CC[C@H](OC)[C@@H](C)[C@H](C[C@H](OC)[C@@H](C)CC[C@@H](OCc1ccccc1)[C@H](C)[C@@H]1OC(OC)C[C@H]1C)O[Si](C)(C)C(C)(C)C. The Morgan fingerprint density at radius 3 is 2.11 bits per heavy atom. The Labute approximate surface area is 271 Å². The summed E-state index contributed by atoms with van der Waals surface area (Å²) in [4.78, 5) is 0. The summed E-state index contributed by atoms with van der Waals surface area (Å²) in [5.74, 6) is 1.18. The monoisotopic (exact) mass is 634 g/mol. The molecule has 44 heavy (non-hydrogen) atoms. The Bertz CT molecular complexity index is 934. The fraction of sp³-hybridized carbons (Fsp3) is 0.784. The van der Waals surface area contributed by atoms with Gasteiger partial charge in [0.25, 0.3) is 0 Å². The molecule has 7 heteroatoms. The summed E-state index contributed by atoms with van der Waals surface area (Å²) < 4.78 is 37.9. The number of rotatable bonds is 20. The van der Waals surface area contributed by atoms with Crippen LogP contribution in [0.4, 0.5) is 0 Å². The van der Waals surface area contributed by atoms with Crippen molar-refractivity contribution in [3.63, 3.8) is 0 Å². The lowest BCUT2D eigenvalue weighted by Crippen LogP contribution is -2.48. The summed E-state index contributed by atoms with van der Waals surface area (Å²) in [6.45, 7) is 25.3. The second kappa shape index (κ2) is 18.3. The molecule has 0 saturated carbocycles. The first-order chi connectivity index (χ1) is 20.7. The maximum atomic E-state index is 7.12. The molecular weight excluding hydrogens is 568 g/mol. The van der Waals surface area contributed by atoms with E-state index in [1.807, 2.05) is 19.3 Å². The topological polar surface area (TPSA) is 55.4 Å². The molecule has 0 aromatic heterocycles. The number of methoxy groups -OCH3 is 3. The Kier molecular flexibility index (Phi) is 16.3. The molecule has 0 aliphatic carbocycles. The van der Waals surface area contributed by atoms with Crippen LogP contribution in [0.2, 0.25) is 18.1 Å². The van der Waals surface area contributed by atoms with Crippen molar-refractivity contribution in [1.82, 2.24) is 0 Å². The molecule has 1 unspecified atom stereocenters. The van der Waals surface area contributed by atoms with Crippen LogP contribution in [0.15, 0.2) is 43.0 Å². The molecule has 1 aromatic carbocycles. The zero-order chi connectivity index (χ0) is 33.1. The average Bonchev–Trinajstić information content (AvgIpc) is 3.37. The molecule has 6 nitrogen and oxygen atoms in total. The Balaban J connectivity index is 2.21. The van der Waals surface area contributed by atoms with Crippen molar-refractivity contribution in [1.29, 1.82) is 0 Å². The van der Waals surface area contributed by atoms with Crippen LogP contribution in [0.5, 0.6) is 0 Å². The highest BCUT2D eigenvalue weighted by Crippen LogP contribution is 2.40. The molecule has 1 aromatic rings. The Morgan fingerprint density at radius 1 is 0.955 bits per heavy atom. The smallest absolute Gasteiger partial charge is 0.192 e. The van der Waals surface area contributed by atoms with Gasteiger partial charge in [0.05, 0.1) is 37.1 Å². The van der Waals surface area contributed by atoms with Crippen LogP contribution in [0.3, 0.4) is 0 Å². The molecule has 2 rings (SSSR count). The van der Waals surface area contributed by atoms with Crippen molar-refractivity contribution in [3.05, 3.63) is 48.6 Å². The standard InChI is InChI=1S/C37H66O6Si/c1-14-18-31(38-9)28(4)34(43-44(12,13)37(6,7)8)24-33(39-10)26(2)21-22-32(41-25-30-19-16-15-17-20-30)29(5)36-27(3)23-35(40-11)42-36/h14-17,19-20,26-29,31-36H,1,18,21-25H2,2-13H3/t26-,27+,28+,29-,31-,32+,33-,34-,35?,36+/m0/s1. The summed E-state index contributed by atoms with van der Waals surface area (Å²) in [6.07, 6.45) is 6.56. The molecule has 254 valence electrons. The molecule has 0 radical (unpaired) electrons. The fourth-order valence-electron chi connectivity index (χ4n) is 6.34. The van der Waals surface area contributed by atoms with E-state index in [4.69, 9.17) is 28.1 Å². The maximum absolute atomic E-state index is 7.12. The molecule has 1 fully saturated rings. The normalized spacial score (nSPS) is 24.3. The van der Waals surface area contributed by atoms with Gasteiger partial charge in [-0.05, 0) is 61.2 Å². The van der Waals surface area contributed by atoms with Gasteiger partial charge < -0.3 is 28.1 Å². The third-order valence-electron chi connectivity index (χ3n) is 10.5. The first-order valence-corrected chi connectivity index (χ1v) is 19.8. The van der Waals surface area contributed by atoms with Crippen LogP contribution in [0.1, 0.15) is 86.1 Å². The van der Waals surface area contributed by atoms with Crippen molar-refractivity contribution in [2.45, 2.75) is 142 Å². The molecule has 0 N–H and O–H groups in total. The predicted octanol–water partition coefficient (Wildman–Crippen LogP) is 9.04. The Morgan fingerprint density at radius 2 is 1.59 bits per heavy atom. The van der Waals surface area contributed by atoms with Crippen molar-refractivity contribution in [2.24, 2.45) is 23.7 Å². The third kappa shape index (κ3) is 11.3. The number of hydrogen-bond acceptors (Lipinski definition) is 6. The van der Waals surface area contributed by atoms with E-state index >= 15 is 0 Å². The van der Waals surface area contributed by atoms with E-state index in [2.05, 4.69) is 92.4 Å². The molecule has 1 aliphatic rings. The second-order valence-electron chi connectivity index (χ2n) is 14.8. The minimum Gasteiger partial charge on any atom is -0.413 e. The van der Waals surface area contributed by atoms with Crippen molar-refractivity contribution < 1.29 is 28.1 Å². The first kappa shape index (κ1) is 39.1. The highest BCUT2D eigenvalue weighted by atomic mass is 28.4. The lowest BCUT2D eigenvalue weighted by molar-refractivity contribution is -0.144. The largest absolute Gasteiger partial charge is 0.413 e. The van der Waals surface area contributed by atoms with E-state index in [-0.39, 0.29) is 53.7 Å². The summed E-state index contributed by atoms with van der Waals surface area (Å²) in [5, 5.41) is 0.112. The summed E-state index contributed by atoms with van der Waals surface area (Å²) in [7, 11) is 3.34. The minimum absolute atomic E-state index is 0.0240. The van der Waals surface area contributed by atoms with Crippen molar-refractivity contribution in [2.75, 3.05) is 21.3 Å². The van der Waals surface area contributed by atoms with E-state index in [9.17, 15) is 0 Å².